The van der Waals surface area contributed by atoms with E-state index < -0.39 is 6.04 Å². The zero-order valence-electron chi connectivity index (χ0n) is 13.6. The Balaban J connectivity index is 0.00000484. The predicted octanol–water partition coefficient (Wildman–Crippen LogP) is 2.66. The summed E-state index contributed by atoms with van der Waals surface area (Å²) in [6.07, 6.45) is 2.62. The molecule has 0 radical (unpaired) electrons. The van der Waals surface area contributed by atoms with E-state index in [1.54, 1.807) is 36.0 Å². The van der Waals surface area contributed by atoms with Gasteiger partial charge in [0.1, 0.15) is 0 Å². The highest BCUT2D eigenvalue weighted by atomic mass is 35.5. The van der Waals surface area contributed by atoms with E-state index in [-0.39, 0.29) is 30.4 Å². The Kier molecular flexibility index (Phi) is 10.5. The van der Waals surface area contributed by atoms with Crippen molar-refractivity contribution in [3.63, 3.8) is 0 Å². The molecule has 1 aromatic rings. The van der Waals surface area contributed by atoms with Crippen molar-refractivity contribution in [3.05, 3.63) is 24.3 Å². The normalized spacial score (nSPS) is 11.3. The van der Waals surface area contributed by atoms with Crippen molar-refractivity contribution in [1.82, 2.24) is 5.32 Å². The average molecular weight is 361 g/mol. The molecule has 1 rings (SSSR count). The molecule has 0 unspecified atom stereocenters. The first-order valence-corrected chi connectivity index (χ1v) is 8.54. The summed E-state index contributed by atoms with van der Waals surface area (Å²) < 4.78 is 0. The molecule has 0 heterocycles. The first kappa shape index (κ1) is 21.6. The number of amides is 3. The third-order valence-electron chi connectivity index (χ3n) is 2.80. The lowest BCUT2D eigenvalue weighted by Gasteiger charge is -2.13. The van der Waals surface area contributed by atoms with Gasteiger partial charge in [0.15, 0.2) is 0 Å². The molecule has 1 atom stereocenters. The van der Waals surface area contributed by atoms with Crippen LogP contribution in [0.2, 0.25) is 0 Å². The van der Waals surface area contributed by atoms with Crippen molar-refractivity contribution in [2.24, 2.45) is 5.73 Å². The van der Waals surface area contributed by atoms with Gasteiger partial charge in [-0.1, -0.05) is 0 Å². The van der Waals surface area contributed by atoms with Crippen LogP contribution in [-0.2, 0) is 4.79 Å². The first-order chi connectivity index (χ1) is 10.4. The van der Waals surface area contributed by atoms with Gasteiger partial charge in [-0.3, -0.25) is 4.79 Å². The maximum absolute atomic E-state index is 11.9. The molecule has 23 heavy (non-hydrogen) atoms. The van der Waals surface area contributed by atoms with Gasteiger partial charge in [-0.2, -0.15) is 11.8 Å². The second-order valence-electron chi connectivity index (χ2n) is 5.21. The Morgan fingerprint density at radius 3 is 2.13 bits per heavy atom. The van der Waals surface area contributed by atoms with Gasteiger partial charge in [-0.15, -0.1) is 12.4 Å². The second-order valence-corrected chi connectivity index (χ2v) is 6.19. The maximum Gasteiger partial charge on any atom is 0.319 e. The number of rotatable bonds is 7. The topological polar surface area (TPSA) is 96.2 Å². The smallest absolute Gasteiger partial charge is 0.319 e. The monoisotopic (exact) mass is 360 g/mol. The molecule has 0 aliphatic rings. The van der Waals surface area contributed by atoms with Crippen LogP contribution >= 0.6 is 24.2 Å². The number of thioether (sulfide) groups is 1. The van der Waals surface area contributed by atoms with Gasteiger partial charge in [-0.05, 0) is 56.5 Å². The quantitative estimate of drug-likeness (QED) is 0.601. The number of nitrogens with one attached hydrogen (secondary N) is 3. The average Bonchev–Trinajstić information content (AvgIpc) is 2.45. The number of nitrogens with two attached hydrogens (primary N) is 1. The third-order valence-corrected chi connectivity index (χ3v) is 3.44. The van der Waals surface area contributed by atoms with Gasteiger partial charge in [-0.25, -0.2) is 4.79 Å². The number of anilines is 2. The number of carbonyl (C=O) groups is 2. The summed E-state index contributed by atoms with van der Waals surface area (Å²) in [7, 11) is 0. The Labute approximate surface area is 147 Å². The van der Waals surface area contributed by atoms with Crippen LogP contribution < -0.4 is 21.7 Å². The molecule has 0 fully saturated rings. The summed E-state index contributed by atoms with van der Waals surface area (Å²) in [5, 5.41) is 8.21. The molecule has 130 valence electrons. The predicted molar refractivity (Wildman–Crippen MR) is 101 cm³/mol. The number of hydrogen-bond donors (Lipinski definition) is 4. The molecule has 1 aromatic carbocycles. The molecule has 0 aromatic heterocycles. The fourth-order valence-electron chi connectivity index (χ4n) is 1.68. The molecule has 0 saturated carbocycles. The zero-order valence-corrected chi connectivity index (χ0v) is 15.2. The van der Waals surface area contributed by atoms with Gasteiger partial charge < -0.3 is 21.7 Å². The molecule has 0 spiro atoms. The SMILES string of the molecule is CSCC[C@H](N)C(=O)Nc1ccc(NC(=O)NC(C)C)cc1.Cl. The van der Waals surface area contributed by atoms with Gasteiger partial charge >= 0.3 is 6.03 Å². The van der Waals surface area contributed by atoms with Crippen LogP contribution in [0.3, 0.4) is 0 Å². The maximum atomic E-state index is 11.9. The number of hydrogen-bond acceptors (Lipinski definition) is 4. The van der Waals surface area contributed by atoms with E-state index in [4.69, 9.17) is 5.73 Å². The Morgan fingerprint density at radius 2 is 1.65 bits per heavy atom. The van der Waals surface area contributed by atoms with Crippen LogP contribution in [0.4, 0.5) is 16.2 Å². The summed E-state index contributed by atoms with van der Waals surface area (Å²) in [5.41, 5.74) is 7.11. The lowest BCUT2D eigenvalue weighted by atomic mass is 10.2. The fraction of sp³-hybridized carbons (Fsp3) is 0.467. The van der Waals surface area contributed by atoms with Crippen molar-refractivity contribution < 1.29 is 9.59 Å². The van der Waals surface area contributed by atoms with Gasteiger partial charge in [0.05, 0.1) is 6.04 Å². The van der Waals surface area contributed by atoms with Crippen molar-refractivity contribution in [3.8, 4) is 0 Å². The third kappa shape index (κ3) is 8.68. The summed E-state index contributed by atoms with van der Waals surface area (Å²) in [4.78, 5) is 23.4. The van der Waals surface area contributed by atoms with E-state index in [1.165, 1.54) is 0 Å². The van der Waals surface area contributed by atoms with Crippen LogP contribution in [0, 0.1) is 0 Å². The lowest BCUT2D eigenvalue weighted by molar-refractivity contribution is -0.117. The van der Waals surface area contributed by atoms with Gasteiger partial charge in [0, 0.05) is 17.4 Å². The van der Waals surface area contributed by atoms with Gasteiger partial charge in [0.25, 0.3) is 0 Å². The van der Waals surface area contributed by atoms with Gasteiger partial charge in [0.2, 0.25) is 5.91 Å². The minimum atomic E-state index is -0.512. The van der Waals surface area contributed by atoms with Crippen LogP contribution in [0.1, 0.15) is 20.3 Å². The number of benzene rings is 1. The molecule has 0 aliphatic carbocycles. The zero-order chi connectivity index (χ0) is 16.5. The Bertz CT molecular complexity index is 497. The summed E-state index contributed by atoms with van der Waals surface area (Å²) in [6.45, 7) is 3.77. The molecule has 0 bridgehead atoms. The number of urea groups is 1. The van der Waals surface area contributed by atoms with Crippen molar-refractivity contribution in [1.29, 1.82) is 0 Å². The molecule has 6 nitrogen and oxygen atoms in total. The number of carbonyl (C=O) groups excluding carboxylic acids is 2. The summed E-state index contributed by atoms with van der Waals surface area (Å²) in [6, 6.07) is 6.20. The van der Waals surface area contributed by atoms with E-state index in [1.807, 2.05) is 20.1 Å². The fourth-order valence-corrected chi connectivity index (χ4v) is 2.17. The van der Waals surface area contributed by atoms with Crippen LogP contribution in [0.25, 0.3) is 0 Å². The van der Waals surface area contributed by atoms with Crippen molar-refractivity contribution >= 4 is 47.5 Å². The standard InChI is InChI=1S/C15H24N4O2S.ClH/c1-10(2)17-15(21)19-12-6-4-11(5-7-12)18-14(20)13(16)8-9-22-3;/h4-7,10,13H,8-9,16H2,1-3H3,(H,18,20)(H2,17,19,21);1H/t13-;/m0./s1. The number of halogens is 1. The molecule has 5 N–H and O–H groups in total. The lowest BCUT2D eigenvalue weighted by Crippen LogP contribution is -2.36. The van der Waals surface area contributed by atoms with E-state index in [9.17, 15) is 9.59 Å². The minimum absolute atomic E-state index is 0. The highest BCUT2D eigenvalue weighted by molar-refractivity contribution is 7.98. The van der Waals surface area contributed by atoms with Crippen LogP contribution in [-0.4, -0.2) is 36.0 Å². The molecule has 8 heteroatoms. The van der Waals surface area contributed by atoms with Crippen LogP contribution in [0.15, 0.2) is 24.3 Å². The molecular weight excluding hydrogens is 336 g/mol. The highest BCUT2D eigenvalue weighted by Crippen LogP contribution is 2.14. The van der Waals surface area contributed by atoms with Crippen LogP contribution in [0.5, 0.6) is 0 Å². The first-order valence-electron chi connectivity index (χ1n) is 7.15. The highest BCUT2D eigenvalue weighted by Gasteiger charge is 2.13. The molecule has 0 aliphatic heterocycles. The van der Waals surface area contributed by atoms with E-state index in [2.05, 4.69) is 16.0 Å². The Hall–Kier alpha value is -1.44. The molecule has 0 saturated heterocycles. The Morgan fingerprint density at radius 1 is 1.13 bits per heavy atom. The van der Waals surface area contributed by atoms with Crippen molar-refractivity contribution in [2.45, 2.75) is 32.4 Å². The van der Waals surface area contributed by atoms with E-state index in [0.717, 1.165) is 5.75 Å². The van der Waals surface area contributed by atoms with E-state index in [0.29, 0.717) is 17.8 Å². The largest absolute Gasteiger partial charge is 0.336 e. The molecular formula is C15H25ClN4O2S. The van der Waals surface area contributed by atoms with Crippen molar-refractivity contribution in [2.75, 3.05) is 22.6 Å². The van der Waals surface area contributed by atoms with E-state index >= 15 is 0 Å². The summed E-state index contributed by atoms with van der Waals surface area (Å²) in [5.74, 6) is 0.648. The molecule has 3 amide bonds. The minimum Gasteiger partial charge on any atom is -0.336 e. The second kappa shape index (κ2) is 11.2. The summed E-state index contributed by atoms with van der Waals surface area (Å²) >= 11 is 1.66.